The Kier molecular flexibility index (Phi) is 5.55. The third kappa shape index (κ3) is 4.62. The minimum absolute atomic E-state index is 0.192. The molecule has 0 bridgehead atoms. The predicted molar refractivity (Wildman–Crippen MR) is 89.9 cm³/mol. The Labute approximate surface area is 136 Å². The number of hydrogen-bond acceptors (Lipinski definition) is 3. The van der Waals surface area contributed by atoms with Gasteiger partial charge in [-0.05, 0) is 78.3 Å². The van der Waals surface area contributed by atoms with Crippen molar-refractivity contribution in [2.24, 2.45) is 5.41 Å². The van der Waals surface area contributed by atoms with Crippen LogP contribution < -0.4 is 4.74 Å². The Balaban J connectivity index is 2.08. The Morgan fingerprint density at radius 3 is 2.76 bits per heavy atom. The summed E-state index contributed by atoms with van der Waals surface area (Å²) in [5.74, 6) is 0.759. The summed E-state index contributed by atoms with van der Waals surface area (Å²) in [6.45, 7) is 10.4. The second kappa shape index (κ2) is 7.01. The van der Waals surface area contributed by atoms with Crippen molar-refractivity contribution in [2.75, 3.05) is 19.7 Å². The van der Waals surface area contributed by atoms with Gasteiger partial charge >= 0.3 is 0 Å². The predicted octanol–water partition coefficient (Wildman–Crippen LogP) is 4.57. The van der Waals surface area contributed by atoms with Crippen LogP contribution in [0.2, 0.25) is 0 Å². The van der Waals surface area contributed by atoms with Gasteiger partial charge in [-0.2, -0.15) is 0 Å². The number of ether oxygens (including phenoxy) is 1. The quantitative estimate of drug-likeness (QED) is 0.858. The standard InChI is InChI=1S/C17H26BrNO2/c1-4-21-15-11-13(10-14(18)16(15)20)12-19-8-5-6-17(2,3)7-9-19/h10-11,20H,4-9,12H2,1-3H3. The first kappa shape index (κ1) is 16.6. The van der Waals surface area contributed by atoms with Crippen LogP contribution >= 0.6 is 15.9 Å². The molecule has 0 unspecified atom stereocenters. The molecule has 1 aliphatic heterocycles. The van der Waals surface area contributed by atoms with Crippen molar-refractivity contribution in [3.05, 3.63) is 22.2 Å². The van der Waals surface area contributed by atoms with Gasteiger partial charge in [-0.1, -0.05) is 13.8 Å². The number of benzene rings is 1. The van der Waals surface area contributed by atoms with Crippen LogP contribution in [0.1, 0.15) is 45.6 Å². The molecule has 21 heavy (non-hydrogen) atoms. The summed E-state index contributed by atoms with van der Waals surface area (Å²) in [6, 6.07) is 3.95. The lowest BCUT2D eigenvalue weighted by Crippen LogP contribution is -2.25. The highest BCUT2D eigenvalue weighted by Gasteiger charge is 2.23. The minimum atomic E-state index is 0.192. The van der Waals surface area contributed by atoms with E-state index in [1.165, 1.54) is 24.8 Å². The van der Waals surface area contributed by atoms with Crippen molar-refractivity contribution in [1.82, 2.24) is 4.90 Å². The lowest BCUT2D eigenvalue weighted by Gasteiger charge is -2.23. The van der Waals surface area contributed by atoms with Crippen molar-refractivity contribution in [3.63, 3.8) is 0 Å². The first-order valence-electron chi connectivity index (χ1n) is 7.78. The number of rotatable bonds is 4. The normalized spacial score (nSPS) is 19.2. The Morgan fingerprint density at radius 2 is 2.05 bits per heavy atom. The lowest BCUT2D eigenvalue weighted by atomic mass is 9.85. The summed E-state index contributed by atoms with van der Waals surface area (Å²) in [7, 11) is 0. The molecule has 0 atom stereocenters. The summed E-state index contributed by atoms with van der Waals surface area (Å²) >= 11 is 3.42. The Morgan fingerprint density at radius 1 is 1.29 bits per heavy atom. The van der Waals surface area contributed by atoms with Gasteiger partial charge in [0.05, 0.1) is 11.1 Å². The van der Waals surface area contributed by atoms with Gasteiger partial charge in [0.25, 0.3) is 0 Å². The largest absolute Gasteiger partial charge is 0.503 e. The summed E-state index contributed by atoms with van der Waals surface area (Å²) in [4.78, 5) is 2.50. The number of nitrogens with zero attached hydrogens (tertiary/aromatic N) is 1. The van der Waals surface area contributed by atoms with Gasteiger partial charge in [-0.15, -0.1) is 0 Å². The Hall–Kier alpha value is -0.740. The van der Waals surface area contributed by atoms with E-state index in [0.29, 0.717) is 22.2 Å². The van der Waals surface area contributed by atoms with Crippen LogP contribution in [-0.2, 0) is 6.54 Å². The van der Waals surface area contributed by atoms with Gasteiger partial charge in [0, 0.05) is 6.54 Å². The van der Waals surface area contributed by atoms with Gasteiger partial charge in [0.2, 0.25) is 0 Å². The fourth-order valence-electron chi connectivity index (χ4n) is 2.88. The van der Waals surface area contributed by atoms with Gasteiger partial charge in [0.15, 0.2) is 11.5 Å². The van der Waals surface area contributed by atoms with Crippen LogP contribution in [0.15, 0.2) is 16.6 Å². The maximum atomic E-state index is 9.99. The maximum Gasteiger partial charge on any atom is 0.172 e. The van der Waals surface area contributed by atoms with Gasteiger partial charge < -0.3 is 9.84 Å². The molecule has 1 fully saturated rings. The van der Waals surface area contributed by atoms with E-state index in [2.05, 4.69) is 34.7 Å². The molecule has 1 saturated heterocycles. The fourth-order valence-corrected chi connectivity index (χ4v) is 3.37. The first-order valence-corrected chi connectivity index (χ1v) is 8.57. The van der Waals surface area contributed by atoms with Gasteiger partial charge in [0.1, 0.15) is 0 Å². The average Bonchev–Trinajstić information content (AvgIpc) is 2.57. The molecule has 0 spiro atoms. The van der Waals surface area contributed by atoms with Crippen molar-refractivity contribution in [3.8, 4) is 11.5 Å². The molecule has 1 aromatic carbocycles. The first-order chi connectivity index (χ1) is 9.91. The highest BCUT2D eigenvalue weighted by Crippen LogP contribution is 2.36. The smallest absolute Gasteiger partial charge is 0.172 e. The second-order valence-electron chi connectivity index (χ2n) is 6.65. The van der Waals surface area contributed by atoms with Crippen LogP contribution in [0, 0.1) is 5.41 Å². The molecule has 0 radical (unpaired) electrons. The van der Waals surface area contributed by atoms with E-state index in [4.69, 9.17) is 4.74 Å². The van der Waals surface area contributed by atoms with Crippen LogP contribution in [0.5, 0.6) is 11.5 Å². The van der Waals surface area contributed by atoms with Crippen LogP contribution in [-0.4, -0.2) is 29.7 Å². The van der Waals surface area contributed by atoms with E-state index < -0.39 is 0 Å². The fraction of sp³-hybridized carbons (Fsp3) is 0.647. The number of phenols is 1. The average molecular weight is 356 g/mol. The molecule has 0 saturated carbocycles. The highest BCUT2D eigenvalue weighted by atomic mass is 79.9. The van der Waals surface area contributed by atoms with E-state index in [1.807, 2.05) is 19.1 Å². The third-order valence-corrected chi connectivity index (χ3v) is 4.83. The van der Waals surface area contributed by atoms with E-state index >= 15 is 0 Å². The molecule has 0 amide bonds. The summed E-state index contributed by atoms with van der Waals surface area (Å²) < 4.78 is 6.21. The molecule has 0 aliphatic carbocycles. The summed E-state index contributed by atoms with van der Waals surface area (Å²) in [5.41, 5.74) is 1.64. The summed E-state index contributed by atoms with van der Waals surface area (Å²) in [5, 5.41) is 9.99. The molecule has 1 N–H and O–H groups in total. The Bertz CT molecular complexity index is 488. The van der Waals surface area contributed by atoms with Crippen molar-refractivity contribution in [2.45, 2.75) is 46.6 Å². The molecule has 3 nitrogen and oxygen atoms in total. The van der Waals surface area contributed by atoms with E-state index in [9.17, 15) is 5.11 Å². The minimum Gasteiger partial charge on any atom is -0.503 e. The van der Waals surface area contributed by atoms with Crippen molar-refractivity contribution >= 4 is 15.9 Å². The van der Waals surface area contributed by atoms with Crippen LogP contribution in [0.3, 0.4) is 0 Å². The molecular weight excluding hydrogens is 330 g/mol. The third-order valence-electron chi connectivity index (χ3n) is 4.23. The van der Waals surface area contributed by atoms with Gasteiger partial charge in [-0.3, -0.25) is 4.90 Å². The molecular formula is C17H26BrNO2. The summed E-state index contributed by atoms with van der Waals surface area (Å²) in [6.07, 6.45) is 3.79. The number of aromatic hydroxyl groups is 1. The zero-order chi connectivity index (χ0) is 15.5. The number of phenolic OH excluding ortho intramolecular Hbond substituents is 1. The van der Waals surface area contributed by atoms with E-state index in [1.54, 1.807) is 0 Å². The zero-order valence-electron chi connectivity index (χ0n) is 13.3. The molecule has 4 heteroatoms. The molecule has 2 rings (SSSR count). The van der Waals surface area contributed by atoms with E-state index in [0.717, 1.165) is 19.6 Å². The van der Waals surface area contributed by atoms with E-state index in [-0.39, 0.29) is 5.75 Å². The van der Waals surface area contributed by atoms with Crippen molar-refractivity contribution < 1.29 is 9.84 Å². The van der Waals surface area contributed by atoms with Gasteiger partial charge in [-0.25, -0.2) is 0 Å². The monoisotopic (exact) mass is 355 g/mol. The van der Waals surface area contributed by atoms with Crippen LogP contribution in [0.25, 0.3) is 0 Å². The second-order valence-corrected chi connectivity index (χ2v) is 7.51. The topological polar surface area (TPSA) is 32.7 Å². The molecule has 118 valence electrons. The number of hydrogen-bond donors (Lipinski definition) is 1. The molecule has 1 heterocycles. The van der Waals surface area contributed by atoms with Crippen LogP contribution in [0.4, 0.5) is 0 Å². The maximum absolute atomic E-state index is 9.99. The highest BCUT2D eigenvalue weighted by molar-refractivity contribution is 9.10. The molecule has 0 aromatic heterocycles. The number of halogens is 1. The molecule has 1 aromatic rings. The van der Waals surface area contributed by atoms with Crippen molar-refractivity contribution in [1.29, 1.82) is 0 Å². The lowest BCUT2D eigenvalue weighted by molar-refractivity contribution is 0.255. The molecule has 1 aliphatic rings. The number of likely N-dealkylation sites (tertiary alicyclic amines) is 1. The zero-order valence-corrected chi connectivity index (χ0v) is 14.9. The SMILES string of the molecule is CCOc1cc(CN2CCCC(C)(C)CC2)cc(Br)c1O.